The average molecular weight is 366 g/mol. The summed E-state index contributed by atoms with van der Waals surface area (Å²) in [6.45, 7) is 2.44. The lowest BCUT2D eigenvalue weighted by Gasteiger charge is -2.19. The van der Waals surface area contributed by atoms with E-state index >= 15 is 0 Å². The number of hydrogen-bond donors (Lipinski definition) is 0. The number of esters is 1. The molecule has 0 aromatic heterocycles. The molecule has 0 aliphatic carbocycles. The predicted molar refractivity (Wildman–Crippen MR) is 86.0 cm³/mol. The number of ether oxygens (including phenoxy) is 1. The molecule has 0 radical (unpaired) electrons. The fraction of sp³-hybridized carbons (Fsp3) is 0.222. The van der Waals surface area contributed by atoms with Crippen molar-refractivity contribution in [2.24, 2.45) is 0 Å². The topological polar surface area (TPSA) is 53.3 Å². The Bertz CT molecular complexity index is 847. The zero-order valence-electron chi connectivity index (χ0n) is 13.9. The Balaban J connectivity index is 2.32. The molecule has 4 nitrogen and oxygen atoms in total. The summed E-state index contributed by atoms with van der Waals surface area (Å²) in [5, 5.41) is 8.59. The van der Waals surface area contributed by atoms with E-state index in [2.05, 4.69) is 4.74 Å². The molecule has 2 aromatic carbocycles. The van der Waals surface area contributed by atoms with Gasteiger partial charge in [0.25, 0.3) is 0 Å². The Labute approximate surface area is 147 Å². The highest BCUT2D eigenvalue weighted by atomic mass is 19.1. The quantitative estimate of drug-likeness (QED) is 0.453. The minimum Gasteiger partial charge on any atom is -0.423 e. The number of benzene rings is 2. The largest absolute Gasteiger partial charge is 0.423 e. The molecule has 0 heterocycles. The van der Waals surface area contributed by atoms with E-state index in [1.54, 1.807) is 11.9 Å². The number of carbonyl (C=O) groups excluding carboxylic acids is 1. The predicted octanol–water partition coefficient (Wildman–Crippen LogP) is 4.18. The molecule has 2 rings (SSSR count). The molecule has 136 valence electrons. The summed E-state index contributed by atoms with van der Waals surface area (Å²) >= 11 is 0. The molecule has 0 amide bonds. The molecule has 26 heavy (non-hydrogen) atoms. The van der Waals surface area contributed by atoms with Crippen LogP contribution in [-0.4, -0.2) is 19.6 Å². The van der Waals surface area contributed by atoms with E-state index in [1.165, 1.54) is 6.07 Å². The third-order valence-electron chi connectivity index (χ3n) is 3.57. The van der Waals surface area contributed by atoms with Gasteiger partial charge in [-0.15, -0.1) is 0 Å². The van der Waals surface area contributed by atoms with Gasteiger partial charge in [-0.25, -0.2) is 22.4 Å². The van der Waals surface area contributed by atoms with Gasteiger partial charge in [-0.3, -0.25) is 0 Å². The van der Waals surface area contributed by atoms with Crippen LogP contribution in [0, 0.1) is 34.6 Å². The standard InChI is InChI=1S/C18H14F4N2O2/c1-3-4-24(2)10-5-15(21)17(16(22)6-10)18(25)26-11-7-13(19)12(9-23)14(20)8-11/h5-8H,3-4H2,1-2H3. The second kappa shape index (κ2) is 7.87. The molecule has 8 heteroatoms. The Morgan fingerprint density at radius 2 is 1.62 bits per heavy atom. The van der Waals surface area contributed by atoms with Gasteiger partial charge in [-0.05, 0) is 18.6 Å². The van der Waals surface area contributed by atoms with Crippen LogP contribution >= 0.6 is 0 Å². The Morgan fingerprint density at radius 1 is 1.08 bits per heavy atom. The van der Waals surface area contributed by atoms with Gasteiger partial charge < -0.3 is 9.64 Å². The average Bonchev–Trinajstić information content (AvgIpc) is 2.54. The van der Waals surface area contributed by atoms with E-state index in [0.29, 0.717) is 18.7 Å². The Morgan fingerprint density at radius 3 is 2.08 bits per heavy atom. The molecule has 0 N–H and O–H groups in total. The maximum atomic E-state index is 14.2. The molecule has 0 bridgehead atoms. The van der Waals surface area contributed by atoms with Gasteiger partial charge in [0, 0.05) is 31.4 Å². The molecule has 0 aliphatic heterocycles. The molecular formula is C18H14F4N2O2. The highest BCUT2D eigenvalue weighted by Crippen LogP contribution is 2.25. The number of nitrogens with zero attached hydrogens (tertiary/aromatic N) is 2. The minimum atomic E-state index is -1.45. The number of anilines is 1. The summed E-state index contributed by atoms with van der Waals surface area (Å²) in [7, 11) is 1.64. The van der Waals surface area contributed by atoms with Crippen molar-refractivity contribution < 1.29 is 27.1 Å². The van der Waals surface area contributed by atoms with Crippen LogP contribution in [0.25, 0.3) is 0 Å². The van der Waals surface area contributed by atoms with Gasteiger partial charge in [0.2, 0.25) is 0 Å². The molecule has 0 spiro atoms. The lowest BCUT2D eigenvalue weighted by molar-refractivity contribution is 0.0724. The SMILES string of the molecule is CCCN(C)c1cc(F)c(C(=O)Oc2cc(F)c(C#N)c(F)c2)c(F)c1. The first-order valence-corrected chi connectivity index (χ1v) is 7.60. The number of rotatable bonds is 5. The van der Waals surface area contributed by atoms with Gasteiger partial charge in [0.15, 0.2) is 0 Å². The minimum absolute atomic E-state index is 0.230. The summed E-state index contributed by atoms with van der Waals surface area (Å²) < 4.78 is 60.1. The number of nitriles is 1. The monoisotopic (exact) mass is 366 g/mol. The van der Waals surface area contributed by atoms with Crippen LogP contribution < -0.4 is 9.64 Å². The molecule has 0 aliphatic rings. The van der Waals surface area contributed by atoms with E-state index in [9.17, 15) is 22.4 Å². The zero-order valence-corrected chi connectivity index (χ0v) is 13.9. The van der Waals surface area contributed by atoms with E-state index in [4.69, 9.17) is 5.26 Å². The van der Waals surface area contributed by atoms with Crippen molar-refractivity contribution in [1.29, 1.82) is 5.26 Å². The van der Waals surface area contributed by atoms with Crippen LogP contribution in [0.15, 0.2) is 24.3 Å². The second-order valence-corrected chi connectivity index (χ2v) is 5.47. The van der Waals surface area contributed by atoms with Crippen LogP contribution in [-0.2, 0) is 0 Å². The molecule has 0 saturated carbocycles. The zero-order chi connectivity index (χ0) is 19.4. The first kappa shape index (κ1) is 19.2. The van der Waals surface area contributed by atoms with Gasteiger partial charge in [-0.2, -0.15) is 5.26 Å². The van der Waals surface area contributed by atoms with Gasteiger partial charge in [0.05, 0.1) is 0 Å². The number of hydrogen-bond acceptors (Lipinski definition) is 4. The van der Waals surface area contributed by atoms with Crippen LogP contribution in [0.5, 0.6) is 5.75 Å². The normalized spacial score (nSPS) is 10.3. The first-order chi connectivity index (χ1) is 12.3. The van der Waals surface area contributed by atoms with E-state index < -0.39 is 46.1 Å². The molecular weight excluding hydrogens is 352 g/mol. The van der Waals surface area contributed by atoms with Gasteiger partial charge in [0.1, 0.15) is 46.2 Å². The van der Waals surface area contributed by atoms with Crippen LogP contribution in [0.1, 0.15) is 29.3 Å². The van der Waals surface area contributed by atoms with Crippen molar-refractivity contribution in [3.63, 3.8) is 0 Å². The molecule has 0 unspecified atom stereocenters. The second-order valence-electron chi connectivity index (χ2n) is 5.47. The lowest BCUT2D eigenvalue weighted by Crippen LogP contribution is -2.20. The van der Waals surface area contributed by atoms with Crippen molar-refractivity contribution in [2.75, 3.05) is 18.5 Å². The maximum Gasteiger partial charge on any atom is 0.349 e. The highest BCUT2D eigenvalue weighted by molar-refractivity contribution is 5.92. The summed E-state index contributed by atoms with van der Waals surface area (Å²) in [4.78, 5) is 13.6. The van der Waals surface area contributed by atoms with E-state index in [0.717, 1.165) is 18.6 Å². The molecule has 0 saturated heterocycles. The molecule has 0 atom stereocenters. The van der Waals surface area contributed by atoms with Crippen molar-refractivity contribution in [1.82, 2.24) is 0 Å². The summed E-state index contributed by atoms with van der Waals surface area (Å²) in [6, 6.07) is 4.41. The summed E-state index contributed by atoms with van der Waals surface area (Å²) in [5.74, 6) is -6.91. The van der Waals surface area contributed by atoms with Gasteiger partial charge >= 0.3 is 5.97 Å². The lowest BCUT2D eigenvalue weighted by atomic mass is 10.1. The molecule has 2 aromatic rings. The van der Waals surface area contributed by atoms with Crippen LogP contribution in [0.2, 0.25) is 0 Å². The van der Waals surface area contributed by atoms with E-state index in [1.807, 2.05) is 6.92 Å². The summed E-state index contributed by atoms with van der Waals surface area (Å²) in [5.41, 5.74) is -1.61. The number of halogens is 4. The molecule has 0 fully saturated rings. The van der Waals surface area contributed by atoms with E-state index in [-0.39, 0.29) is 5.69 Å². The fourth-order valence-electron chi connectivity index (χ4n) is 2.31. The van der Waals surface area contributed by atoms with Crippen molar-refractivity contribution >= 4 is 11.7 Å². The Kier molecular flexibility index (Phi) is 5.82. The third-order valence-corrected chi connectivity index (χ3v) is 3.57. The fourth-order valence-corrected chi connectivity index (χ4v) is 2.31. The van der Waals surface area contributed by atoms with Crippen molar-refractivity contribution in [2.45, 2.75) is 13.3 Å². The maximum absolute atomic E-state index is 14.2. The van der Waals surface area contributed by atoms with Crippen LogP contribution in [0.4, 0.5) is 23.2 Å². The number of carbonyl (C=O) groups is 1. The summed E-state index contributed by atoms with van der Waals surface area (Å²) in [6.07, 6.45) is 0.749. The Hall–Kier alpha value is -3.08. The van der Waals surface area contributed by atoms with Crippen molar-refractivity contribution in [3.05, 3.63) is 58.7 Å². The van der Waals surface area contributed by atoms with Crippen LogP contribution in [0.3, 0.4) is 0 Å². The highest BCUT2D eigenvalue weighted by Gasteiger charge is 2.23. The third kappa shape index (κ3) is 3.94. The van der Waals surface area contributed by atoms with Gasteiger partial charge in [-0.1, -0.05) is 6.92 Å². The van der Waals surface area contributed by atoms with Crippen molar-refractivity contribution in [3.8, 4) is 11.8 Å². The first-order valence-electron chi connectivity index (χ1n) is 7.60. The smallest absolute Gasteiger partial charge is 0.349 e.